The number of fused-ring (bicyclic) bond motifs is 1. The molecule has 0 aliphatic rings. The highest BCUT2D eigenvalue weighted by Crippen LogP contribution is 2.37. The highest BCUT2D eigenvalue weighted by atomic mass is 35.5. The molecule has 0 atom stereocenters. The van der Waals surface area contributed by atoms with Crippen molar-refractivity contribution in [3.63, 3.8) is 0 Å². The van der Waals surface area contributed by atoms with Gasteiger partial charge in [0.15, 0.2) is 4.96 Å². The van der Waals surface area contributed by atoms with Crippen molar-refractivity contribution in [2.75, 3.05) is 0 Å². The quantitative estimate of drug-likeness (QED) is 0.513. The minimum Gasteiger partial charge on any atom is -0.269 e. The maximum atomic E-state index is 13.3. The second kappa shape index (κ2) is 5.77. The predicted molar refractivity (Wildman–Crippen MR) is 90.8 cm³/mol. The fourth-order valence-electron chi connectivity index (χ4n) is 2.41. The third-order valence-electron chi connectivity index (χ3n) is 3.42. The van der Waals surface area contributed by atoms with E-state index >= 15 is 0 Å². The molecule has 24 heavy (non-hydrogen) atoms. The number of rotatable bonds is 2. The van der Waals surface area contributed by atoms with E-state index in [4.69, 9.17) is 11.6 Å². The first-order valence-electron chi connectivity index (χ1n) is 6.89. The zero-order chi connectivity index (χ0) is 16.7. The molecule has 0 unspecified atom stereocenters. The van der Waals surface area contributed by atoms with E-state index in [1.165, 1.54) is 40.1 Å². The summed E-state index contributed by atoms with van der Waals surface area (Å²) in [6, 6.07) is 9.00. The largest absolute Gasteiger partial charge is 0.269 e. The molecule has 0 aliphatic heterocycles. The molecule has 0 fully saturated rings. The van der Waals surface area contributed by atoms with E-state index in [-0.39, 0.29) is 16.7 Å². The summed E-state index contributed by atoms with van der Waals surface area (Å²) in [5.41, 5.74) is 1.64. The van der Waals surface area contributed by atoms with Crippen LogP contribution in [0, 0.1) is 5.82 Å². The van der Waals surface area contributed by atoms with E-state index in [9.17, 15) is 9.18 Å². The monoisotopic (exact) mass is 358 g/mol. The van der Waals surface area contributed by atoms with Gasteiger partial charge in [0, 0.05) is 24.0 Å². The van der Waals surface area contributed by atoms with E-state index in [0.717, 1.165) is 0 Å². The van der Waals surface area contributed by atoms with Crippen LogP contribution in [0.1, 0.15) is 0 Å². The highest BCUT2D eigenvalue weighted by Gasteiger charge is 2.19. The molecule has 0 amide bonds. The summed E-state index contributed by atoms with van der Waals surface area (Å²) >= 11 is 7.20. The van der Waals surface area contributed by atoms with E-state index in [1.54, 1.807) is 24.4 Å². The molecule has 4 rings (SSSR count). The normalized spacial score (nSPS) is 11.1. The van der Waals surface area contributed by atoms with E-state index in [1.807, 2.05) is 0 Å². The standard InChI is InChI=1S/C16H8ClFN4OS/c17-15-19-7-5-11(21-15)14-13(9-1-3-10(18)4-2-9)22-12(23)6-8-20-16(22)24-14/h1-8H. The van der Waals surface area contributed by atoms with Crippen molar-refractivity contribution in [3.05, 3.63) is 70.2 Å². The molecular formula is C16H8ClFN4OS. The fourth-order valence-corrected chi connectivity index (χ4v) is 3.65. The summed E-state index contributed by atoms with van der Waals surface area (Å²) in [6.45, 7) is 0. The summed E-state index contributed by atoms with van der Waals surface area (Å²) in [7, 11) is 0. The maximum Gasteiger partial charge on any atom is 0.258 e. The van der Waals surface area contributed by atoms with Crippen LogP contribution in [0.3, 0.4) is 0 Å². The Balaban J connectivity index is 2.10. The Morgan fingerprint density at radius 2 is 1.79 bits per heavy atom. The van der Waals surface area contributed by atoms with Crippen LogP contribution in [-0.4, -0.2) is 19.4 Å². The Kier molecular flexibility index (Phi) is 3.59. The fraction of sp³-hybridized carbons (Fsp3) is 0. The van der Waals surface area contributed by atoms with Crippen molar-refractivity contribution >= 4 is 27.9 Å². The van der Waals surface area contributed by atoms with Gasteiger partial charge in [-0.15, -0.1) is 0 Å². The van der Waals surface area contributed by atoms with E-state index in [2.05, 4.69) is 15.0 Å². The van der Waals surface area contributed by atoms with Gasteiger partial charge in [0.2, 0.25) is 5.28 Å². The van der Waals surface area contributed by atoms with Crippen LogP contribution in [0.4, 0.5) is 4.39 Å². The van der Waals surface area contributed by atoms with Crippen LogP contribution in [0.15, 0.2) is 53.6 Å². The van der Waals surface area contributed by atoms with Gasteiger partial charge in [0.05, 0.1) is 16.3 Å². The molecule has 0 N–H and O–H groups in total. The van der Waals surface area contributed by atoms with Crippen molar-refractivity contribution in [1.82, 2.24) is 19.4 Å². The van der Waals surface area contributed by atoms with Gasteiger partial charge in [-0.3, -0.25) is 9.20 Å². The Morgan fingerprint density at radius 3 is 2.54 bits per heavy atom. The van der Waals surface area contributed by atoms with Crippen molar-refractivity contribution in [2.45, 2.75) is 0 Å². The van der Waals surface area contributed by atoms with Crippen molar-refractivity contribution in [1.29, 1.82) is 0 Å². The number of halogens is 2. The average molecular weight is 359 g/mol. The number of thiazole rings is 1. The molecule has 1 aromatic carbocycles. The van der Waals surface area contributed by atoms with Crippen LogP contribution in [-0.2, 0) is 0 Å². The van der Waals surface area contributed by atoms with Crippen LogP contribution >= 0.6 is 22.9 Å². The molecule has 0 bridgehead atoms. The van der Waals surface area contributed by atoms with Gasteiger partial charge >= 0.3 is 0 Å². The van der Waals surface area contributed by atoms with Crippen LogP contribution in [0.5, 0.6) is 0 Å². The second-order valence-corrected chi connectivity index (χ2v) is 6.21. The first-order valence-corrected chi connectivity index (χ1v) is 8.08. The third kappa shape index (κ3) is 2.47. The van der Waals surface area contributed by atoms with E-state index < -0.39 is 0 Å². The first-order chi connectivity index (χ1) is 11.6. The Morgan fingerprint density at radius 1 is 1.04 bits per heavy atom. The van der Waals surface area contributed by atoms with Crippen LogP contribution in [0.25, 0.3) is 26.8 Å². The molecule has 0 radical (unpaired) electrons. The lowest BCUT2D eigenvalue weighted by Crippen LogP contribution is -2.12. The summed E-state index contributed by atoms with van der Waals surface area (Å²) in [6.07, 6.45) is 3.00. The zero-order valence-electron chi connectivity index (χ0n) is 12.0. The van der Waals surface area contributed by atoms with Gasteiger partial charge in [-0.2, -0.15) is 0 Å². The molecule has 4 aromatic rings. The molecule has 0 saturated heterocycles. The lowest BCUT2D eigenvalue weighted by molar-refractivity contribution is 0.628. The zero-order valence-corrected chi connectivity index (χ0v) is 13.6. The summed E-state index contributed by atoms with van der Waals surface area (Å²) in [5.74, 6) is -0.351. The van der Waals surface area contributed by atoms with Gasteiger partial charge in [-0.1, -0.05) is 11.3 Å². The summed E-state index contributed by atoms with van der Waals surface area (Å²) in [4.78, 5) is 25.9. The predicted octanol–water partition coefficient (Wildman–Crippen LogP) is 3.67. The molecule has 0 spiro atoms. The number of hydrogen-bond donors (Lipinski definition) is 0. The molecule has 0 aliphatic carbocycles. The lowest BCUT2D eigenvalue weighted by atomic mass is 10.1. The van der Waals surface area contributed by atoms with Crippen molar-refractivity contribution in [3.8, 4) is 21.8 Å². The minimum absolute atomic E-state index is 0.107. The molecule has 3 aromatic heterocycles. The van der Waals surface area contributed by atoms with Crippen molar-refractivity contribution in [2.24, 2.45) is 0 Å². The van der Waals surface area contributed by atoms with Gasteiger partial charge in [-0.05, 0) is 41.9 Å². The first kappa shape index (κ1) is 14.9. The maximum absolute atomic E-state index is 13.3. The average Bonchev–Trinajstić information content (AvgIpc) is 2.96. The van der Waals surface area contributed by atoms with Crippen LogP contribution < -0.4 is 5.56 Å². The lowest BCUT2D eigenvalue weighted by Gasteiger charge is -2.05. The van der Waals surface area contributed by atoms with E-state index in [0.29, 0.717) is 26.8 Å². The van der Waals surface area contributed by atoms with Crippen LogP contribution in [0.2, 0.25) is 5.28 Å². The van der Waals surface area contributed by atoms with Crippen molar-refractivity contribution < 1.29 is 4.39 Å². The Labute approximate surface area is 144 Å². The number of hydrogen-bond acceptors (Lipinski definition) is 5. The SMILES string of the molecule is O=c1ccnc2sc(-c3ccnc(Cl)n3)c(-c3ccc(F)cc3)n12. The molecule has 8 heteroatoms. The van der Waals surface area contributed by atoms with Gasteiger partial charge < -0.3 is 0 Å². The molecule has 118 valence electrons. The molecular weight excluding hydrogens is 351 g/mol. The number of benzene rings is 1. The third-order valence-corrected chi connectivity index (χ3v) is 4.68. The van der Waals surface area contributed by atoms with Gasteiger partial charge in [0.1, 0.15) is 5.82 Å². The number of nitrogens with zero attached hydrogens (tertiary/aromatic N) is 4. The summed E-state index contributed by atoms with van der Waals surface area (Å²) in [5, 5.41) is 0.107. The second-order valence-electron chi connectivity index (χ2n) is 4.90. The highest BCUT2D eigenvalue weighted by molar-refractivity contribution is 7.20. The summed E-state index contributed by atoms with van der Waals surface area (Å²) < 4.78 is 14.8. The van der Waals surface area contributed by atoms with Gasteiger partial charge in [-0.25, -0.2) is 19.3 Å². The molecule has 0 saturated carbocycles. The molecule has 5 nitrogen and oxygen atoms in total. The Bertz CT molecular complexity index is 1110. The Hall–Kier alpha value is -2.64. The number of aromatic nitrogens is 4. The van der Waals surface area contributed by atoms with Gasteiger partial charge in [0.25, 0.3) is 5.56 Å². The minimum atomic E-state index is -0.351. The topological polar surface area (TPSA) is 60.2 Å². The smallest absolute Gasteiger partial charge is 0.258 e. The molecule has 3 heterocycles.